The van der Waals surface area contributed by atoms with E-state index in [0.717, 1.165) is 21.8 Å². The van der Waals surface area contributed by atoms with Gasteiger partial charge in [0.05, 0.1) is 4.47 Å². The van der Waals surface area contributed by atoms with Crippen LogP contribution in [0.15, 0.2) is 28.7 Å². The maximum atomic E-state index is 12.6. The second-order valence-electron chi connectivity index (χ2n) is 4.81. The fourth-order valence-electron chi connectivity index (χ4n) is 2.31. The highest BCUT2D eigenvalue weighted by Gasteiger charge is 2.21. The van der Waals surface area contributed by atoms with Gasteiger partial charge in [-0.1, -0.05) is 18.2 Å². The van der Waals surface area contributed by atoms with E-state index in [1.165, 1.54) is 0 Å². The summed E-state index contributed by atoms with van der Waals surface area (Å²) in [6, 6.07) is 7.98. The standard InChI is InChI=1S/C15H19BrN2O2/c1-17(9-6-10-20-3)15(19)14-13(16)11-7-4-5-8-12(11)18(14)2/h4-5,7-8H,6,9-10H2,1-3H3. The number of aryl methyl sites for hydroxylation is 1. The molecule has 1 aromatic carbocycles. The molecule has 0 saturated carbocycles. The van der Waals surface area contributed by atoms with Crippen LogP contribution in [0.3, 0.4) is 0 Å². The Morgan fingerprint density at radius 2 is 2.10 bits per heavy atom. The van der Waals surface area contributed by atoms with Crippen LogP contribution in [0.1, 0.15) is 16.9 Å². The van der Waals surface area contributed by atoms with E-state index < -0.39 is 0 Å². The minimum absolute atomic E-state index is 0.0201. The minimum atomic E-state index is 0.0201. The van der Waals surface area contributed by atoms with E-state index in [2.05, 4.69) is 15.9 Å². The van der Waals surface area contributed by atoms with Gasteiger partial charge >= 0.3 is 0 Å². The highest BCUT2D eigenvalue weighted by Crippen LogP contribution is 2.30. The minimum Gasteiger partial charge on any atom is -0.385 e. The van der Waals surface area contributed by atoms with Crippen molar-refractivity contribution in [3.63, 3.8) is 0 Å². The number of halogens is 1. The number of ether oxygens (including phenoxy) is 1. The lowest BCUT2D eigenvalue weighted by atomic mass is 10.2. The Hall–Kier alpha value is -1.33. The lowest BCUT2D eigenvalue weighted by Crippen LogP contribution is -2.30. The van der Waals surface area contributed by atoms with Gasteiger partial charge in [0.15, 0.2) is 0 Å². The fourth-order valence-corrected chi connectivity index (χ4v) is 3.08. The molecule has 20 heavy (non-hydrogen) atoms. The molecule has 0 N–H and O–H groups in total. The zero-order chi connectivity index (χ0) is 14.7. The second-order valence-corrected chi connectivity index (χ2v) is 5.60. The molecule has 4 nitrogen and oxygen atoms in total. The number of nitrogens with zero attached hydrogens (tertiary/aromatic N) is 2. The topological polar surface area (TPSA) is 34.5 Å². The smallest absolute Gasteiger partial charge is 0.271 e. The molecule has 1 heterocycles. The van der Waals surface area contributed by atoms with Crippen LogP contribution in [0.4, 0.5) is 0 Å². The summed E-state index contributed by atoms with van der Waals surface area (Å²) in [5.41, 5.74) is 1.74. The molecule has 0 aliphatic rings. The van der Waals surface area contributed by atoms with E-state index in [-0.39, 0.29) is 5.91 Å². The molecule has 0 aliphatic heterocycles. The van der Waals surface area contributed by atoms with Crippen molar-refractivity contribution < 1.29 is 9.53 Å². The van der Waals surface area contributed by atoms with Crippen molar-refractivity contribution in [2.75, 3.05) is 27.3 Å². The van der Waals surface area contributed by atoms with Gasteiger partial charge in [-0.15, -0.1) is 0 Å². The van der Waals surface area contributed by atoms with Crippen molar-refractivity contribution >= 4 is 32.7 Å². The average molecular weight is 339 g/mol. The van der Waals surface area contributed by atoms with Crippen LogP contribution >= 0.6 is 15.9 Å². The first kappa shape index (κ1) is 15.1. The first-order valence-electron chi connectivity index (χ1n) is 6.55. The van der Waals surface area contributed by atoms with Gasteiger partial charge in [-0.25, -0.2) is 0 Å². The zero-order valence-corrected chi connectivity index (χ0v) is 13.6. The van der Waals surface area contributed by atoms with Gasteiger partial charge < -0.3 is 14.2 Å². The molecule has 0 aliphatic carbocycles. The summed E-state index contributed by atoms with van der Waals surface area (Å²) in [5.74, 6) is 0.0201. The number of hydrogen-bond donors (Lipinski definition) is 0. The molecule has 1 amide bonds. The first-order chi connectivity index (χ1) is 9.57. The predicted octanol–water partition coefficient (Wildman–Crippen LogP) is 3.05. The Bertz CT molecular complexity index is 583. The van der Waals surface area contributed by atoms with E-state index in [1.807, 2.05) is 42.9 Å². The van der Waals surface area contributed by atoms with Crippen LogP contribution in [-0.4, -0.2) is 42.7 Å². The summed E-state index contributed by atoms with van der Waals surface area (Å²) in [6.45, 7) is 1.34. The zero-order valence-electron chi connectivity index (χ0n) is 12.0. The number of rotatable bonds is 5. The first-order valence-corrected chi connectivity index (χ1v) is 7.34. The third kappa shape index (κ3) is 2.74. The lowest BCUT2D eigenvalue weighted by molar-refractivity contribution is 0.0769. The van der Waals surface area contributed by atoms with E-state index in [4.69, 9.17) is 4.74 Å². The van der Waals surface area contributed by atoms with E-state index in [0.29, 0.717) is 18.8 Å². The largest absolute Gasteiger partial charge is 0.385 e. The molecule has 0 saturated heterocycles. The van der Waals surface area contributed by atoms with Crippen LogP contribution in [0, 0.1) is 0 Å². The number of benzene rings is 1. The molecule has 0 fully saturated rings. The van der Waals surface area contributed by atoms with Crippen LogP contribution in [0.2, 0.25) is 0 Å². The van der Waals surface area contributed by atoms with Crippen LogP contribution in [0.25, 0.3) is 10.9 Å². The molecular weight excluding hydrogens is 320 g/mol. The highest BCUT2D eigenvalue weighted by atomic mass is 79.9. The van der Waals surface area contributed by atoms with Gasteiger partial charge in [0.1, 0.15) is 5.69 Å². The SMILES string of the molecule is COCCCN(C)C(=O)c1c(Br)c2ccccc2n1C. The number of carbonyl (C=O) groups is 1. The van der Waals surface area contributed by atoms with Gasteiger partial charge in [0, 0.05) is 45.3 Å². The van der Waals surface area contributed by atoms with Crippen molar-refractivity contribution in [2.24, 2.45) is 7.05 Å². The molecule has 108 valence electrons. The molecule has 5 heteroatoms. The van der Waals surface area contributed by atoms with Crippen molar-refractivity contribution in [3.05, 3.63) is 34.4 Å². The van der Waals surface area contributed by atoms with E-state index in [9.17, 15) is 4.79 Å². The summed E-state index contributed by atoms with van der Waals surface area (Å²) in [6.07, 6.45) is 0.834. The molecule has 0 spiro atoms. The van der Waals surface area contributed by atoms with Crippen molar-refractivity contribution in [1.29, 1.82) is 0 Å². The van der Waals surface area contributed by atoms with Gasteiger partial charge in [0.2, 0.25) is 0 Å². The van der Waals surface area contributed by atoms with Crippen LogP contribution in [0.5, 0.6) is 0 Å². The Balaban J connectivity index is 2.30. The van der Waals surface area contributed by atoms with E-state index >= 15 is 0 Å². The molecular formula is C15H19BrN2O2. The maximum Gasteiger partial charge on any atom is 0.271 e. The summed E-state index contributed by atoms with van der Waals surface area (Å²) in [4.78, 5) is 14.3. The molecule has 2 aromatic rings. The van der Waals surface area contributed by atoms with E-state index in [1.54, 1.807) is 12.0 Å². The van der Waals surface area contributed by atoms with Crippen molar-refractivity contribution in [2.45, 2.75) is 6.42 Å². The number of para-hydroxylation sites is 1. The molecule has 2 rings (SSSR count). The molecule has 0 unspecified atom stereocenters. The van der Waals surface area contributed by atoms with Crippen LogP contribution < -0.4 is 0 Å². The Labute approximate surface area is 127 Å². The number of methoxy groups -OCH3 is 1. The predicted molar refractivity (Wildman–Crippen MR) is 84.1 cm³/mol. The Morgan fingerprint density at radius 1 is 1.40 bits per heavy atom. The summed E-state index contributed by atoms with van der Waals surface area (Å²) < 4.78 is 7.82. The average Bonchev–Trinajstić information content (AvgIpc) is 2.71. The number of aromatic nitrogens is 1. The monoisotopic (exact) mass is 338 g/mol. The number of amides is 1. The van der Waals surface area contributed by atoms with Gasteiger partial charge in [-0.05, 0) is 28.4 Å². The van der Waals surface area contributed by atoms with Crippen molar-refractivity contribution in [1.82, 2.24) is 9.47 Å². The number of fused-ring (bicyclic) bond motifs is 1. The highest BCUT2D eigenvalue weighted by molar-refractivity contribution is 9.10. The Kier molecular flexibility index (Phi) is 4.83. The van der Waals surface area contributed by atoms with Crippen LogP contribution in [-0.2, 0) is 11.8 Å². The summed E-state index contributed by atoms with van der Waals surface area (Å²) in [7, 11) is 5.41. The number of carbonyl (C=O) groups excluding carboxylic acids is 1. The normalized spacial score (nSPS) is 11.0. The summed E-state index contributed by atoms with van der Waals surface area (Å²) in [5, 5.41) is 1.06. The quantitative estimate of drug-likeness (QED) is 0.785. The van der Waals surface area contributed by atoms with Gasteiger partial charge in [-0.3, -0.25) is 4.79 Å². The second kappa shape index (κ2) is 6.41. The molecule has 0 atom stereocenters. The maximum absolute atomic E-state index is 12.6. The fraction of sp³-hybridized carbons (Fsp3) is 0.400. The third-order valence-corrected chi connectivity index (χ3v) is 4.24. The van der Waals surface area contributed by atoms with Crippen molar-refractivity contribution in [3.8, 4) is 0 Å². The number of hydrogen-bond acceptors (Lipinski definition) is 2. The Morgan fingerprint density at radius 3 is 2.75 bits per heavy atom. The summed E-state index contributed by atoms with van der Waals surface area (Å²) >= 11 is 3.56. The third-order valence-electron chi connectivity index (χ3n) is 3.44. The van der Waals surface area contributed by atoms with Gasteiger partial charge in [-0.2, -0.15) is 0 Å². The molecule has 0 bridgehead atoms. The van der Waals surface area contributed by atoms with Gasteiger partial charge in [0.25, 0.3) is 5.91 Å². The lowest BCUT2D eigenvalue weighted by Gasteiger charge is -2.17. The molecule has 1 aromatic heterocycles. The molecule has 0 radical (unpaired) electrons.